The van der Waals surface area contributed by atoms with E-state index in [2.05, 4.69) is 24.3 Å². The van der Waals surface area contributed by atoms with Crippen LogP contribution in [0.5, 0.6) is 0 Å². The van der Waals surface area contributed by atoms with Crippen LogP contribution >= 0.6 is 0 Å². The molecule has 0 bridgehead atoms. The Labute approximate surface area is 185 Å². The van der Waals surface area contributed by atoms with Gasteiger partial charge in [-0.1, -0.05) is 0 Å². The second-order valence-electron chi connectivity index (χ2n) is 2.00. The molecule has 0 heterocycles. The maximum absolute atomic E-state index is 2.86. The summed E-state index contributed by atoms with van der Waals surface area (Å²) < 4.78 is 0. The summed E-state index contributed by atoms with van der Waals surface area (Å²) in [4.78, 5) is 0. The quantitative estimate of drug-likeness (QED) is 0.437. The van der Waals surface area contributed by atoms with E-state index in [1.54, 1.807) is 0 Å². The largest absolute Gasteiger partial charge is 1.00 e. The van der Waals surface area contributed by atoms with Crippen molar-refractivity contribution in [3.05, 3.63) is 72.8 Å². The molecule has 15 heavy (non-hydrogen) atoms. The fraction of sp³-hybridized carbons (Fsp3) is 0. The van der Waals surface area contributed by atoms with Gasteiger partial charge in [-0.3, -0.25) is 48.5 Å². The van der Waals surface area contributed by atoms with Crippen molar-refractivity contribution in [3.63, 3.8) is 0 Å². The first-order valence-corrected chi connectivity index (χ1v) is 3.64. The number of rotatable bonds is 0. The molecule has 0 N–H and O–H groups in total. The number of benzene rings is 2. The standard InChI is InChI=1S/2C6H4.K.2Y/c2*1-2-4-6-5-3-1;;;/h2*1-2,5-6H;;;/q2*-2;+1;;. The van der Waals surface area contributed by atoms with Crippen molar-refractivity contribution in [1.82, 2.24) is 0 Å². The van der Waals surface area contributed by atoms with E-state index in [4.69, 9.17) is 0 Å². The maximum atomic E-state index is 2.86. The summed E-state index contributed by atoms with van der Waals surface area (Å²) in [6, 6.07) is 26.0. The molecule has 2 rings (SSSR count). The van der Waals surface area contributed by atoms with Gasteiger partial charge in [0.25, 0.3) is 0 Å². The predicted octanol–water partition coefficient (Wildman–Crippen LogP) is -0.427. The molecule has 0 unspecified atom stereocenters. The SMILES string of the molecule is [K+].[Y].[Y].[c-]1cc[c-]cc1.[c-]1cc[c-]cc1. The zero-order chi connectivity index (χ0) is 8.49. The molecular formula is C12H8KY2-3. The molecule has 0 amide bonds. The van der Waals surface area contributed by atoms with Gasteiger partial charge < -0.3 is 24.3 Å². The second-order valence-corrected chi connectivity index (χ2v) is 2.00. The Kier molecular flexibility index (Phi) is 27.9. The Morgan fingerprint density at radius 1 is 0.400 bits per heavy atom. The molecule has 0 atom stereocenters. The van der Waals surface area contributed by atoms with Crippen molar-refractivity contribution in [2.24, 2.45) is 0 Å². The van der Waals surface area contributed by atoms with E-state index in [0.717, 1.165) is 0 Å². The third-order valence-electron chi connectivity index (χ3n) is 1.10. The molecule has 66 valence electrons. The van der Waals surface area contributed by atoms with Gasteiger partial charge in [0.05, 0.1) is 0 Å². The van der Waals surface area contributed by atoms with Crippen LogP contribution in [-0.2, 0) is 65.4 Å². The number of hydrogen-bond acceptors (Lipinski definition) is 0. The van der Waals surface area contributed by atoms with E-state index >= 15 is 0 Å². The van der Waals surface area contributed by atoms with Crippen LogP contribution in [0.3, 0.4) is 0 Å². The minimum Gasteiger partial charge on any atom is -0.319 e. The second kappa shape index (κ2) is 18.6. The van der Waals surface area contributed by atoms with Crippen molar-refractivity contribution in [2.45, 2.75) is 0 Å². The van der Waals surface area contributed by atoms with Crippen molar-refractivity contribution in [2.75, 3.05) is 0 Å². The predicted molar refractivity (Wildman–Crippen MR) is 48.2 cm³/mol. The summed E-state index contributed by atoms with van der Waals surface area (Å²) >= 11 is 0. The molecule has 2 radical (unpaired) electrons. The molecule has 3 heteroatoms. The minimum atomic E-state index is 0. The van der Waals surface area contributed by atoms with Gasteiger partial charge in [0, 0.05) is 65.4 Å². The van der Waals surface area contributed by atoms with E-state index < -0.39 is 0 Å². The van der Waals surface area contributed by atoms with E-state index in [-0.39, 0.29) is 117 Å². The first-order valence-electron chi connectivity index (χ1n) is 3.64. The first kappa shape index (κ1) is 22.5. The van der Waals surface area contributed by atoms with E-state index in [0.29, 0.717) is 0 Å². The molecule has 0 nitrogen and oxygen atoms in total. The van der Waals surface area contributed by atoms with Gasteiger partial charge in [0.2, 0.25) is 0 Å². The van der Waals surface area contributed by atoms with Crippen LogP contribution in [0.25, 0.3) is 0 Å². The van der Waals surface area contributed by atoms with Gasteiger partial charge in [-0.2, -0.15) is 0 Å². The minimum absolute atomic E-state index is 0. The fourth-order valence-electron chi connectivity index (χ4n) is 0.607. The average Bonchev–Trinajstić information content (AvgIpc) is 2.24. The van der Waals surface area contributed by atoms with Crippen LogP contribution in [0.15, 0.2) is 48.5 Å². The van der Waals surface area contributed by atoms with Crippen molar-refractivity contribution in [1.29, 1.82) is 0 Å². The maximum Gasteiger partial charge on any atom is 1.00 e. The van der Waals surface area contributed by atoms with Crippen LogP contribution in [0.2, 0.25) is 0 Å². The summed E-state index contributed by atoms with van der Waals surface area (Å²) in [5.41, 5.74) is 0. The van der Waals surface area contributed by atoms with Gasteiger partial charge >= 0.3 is 51.4 Å². The summed E-state index contributed by atoms with van der Waals surface area (Å²) in [5, 5.41) is 0. The molecule has 2 aromatic rings. The van der Waals surface area contributed by atoms with Crippen LogP contribution < -0.4 is 51.4 Å². The molecule has 0 saturated heterocycles. The molecule has 0 aliphatic rings. The topological polar surface area (TPSA) is 0 Å². The number of hydrogen-bond donors (Lipinski definition) is 0. The Balaban J connectivity index is -0.000000160. The molecule has 0 saturated carbocycles. The molecule has 2 aromatic carbocycles. The van der Waals surface area contributed by atoms with E-state index in [9.17, 15) is 0 Å². The fourth-order valence-corrected chi connectivity index (χ4v) is 0.607. The normalized spacial score (nSPS) is 6.40. The van der Waals surface area contributed by atoms with Crippen LogP contribution in [0, 0.1) is 24.3 Å². The molecule has 0 aliphatic heterocycles. The van der Waals surface area contributed by atoms with Crippen molar-refractivity contribution >= 4 is 0 Å². The van der Waals surface area contributed by atoms with Gasteiger partial charge in [0.15, 0.2) is 0 Å². The van der Waals surface area contributed by atoms with Crippen molar-refractivity contribution < 1.29 is 117 Å². The van der Waals surface area contributed by atoms with Gasteiger partial charge in [0.1, 0.15) is 0 Å². The first-order chi connectivity index (χ1) is 6.00. The third-order valence-corrected chi connectivity index (χ3v) is 1.10. The Hall–Kier alpha value is 2.28. The molecule has 0 aliphatic carbocycles. The molecule has 0 aromatic heterocycles. The van der Waals surface area contributed by atoms with Gasteiger partial charge in [-0.15, -0.1) is 0 Å². The Morgan fingerprint density at radius 2 is 0.533 bits per heavy atom. The summed E-state index contributed by atoms with van der Waals surface area (Å²) in [6.07, 6.45) is 0. The zero-order valence-corrected chi connectivity index (χ0v) is 17.6. The Bertz CT molecular complexity index is 189. The third kappa shape index (κ3) is 16.3. The van der Waals surface area contributed by atoms with E-state index in [1.165, 1.54) is 0 Å². The summed E-state index contributed by atoms with van der Waals surface area (Å²) in [6.45, 7) is 0. The Morgan fingerprint density at radius 3 is 0.600 bits per heavy atom. The zero-order valence-electron chi connectivity index (χ0n) is 8.77. The van der Waals surface area contributed by atoms with Crippen LogP contribution in [0.4, 0.5) is 0 Å². The molecule has 0 fully saturated rings. The monoisotopic (exact) mass is 369 g/mol. The molecule has 0 spiro atoms. The van der Waals surface area contributed by atoms with E-state index in [1.807, 2.05) is 48.5 Å². The molecular weight excluding hydrogens is 361 g/mol. The summed E-state index contributed by atoms with van der Waals surface area (Å²) in [7, 11) is 0. The average molecular weight is 369 g/mol. The van der Waals surface area contributed by atoms with Crippen LogP contribution in [0.1, 0.15) is 0 Å². The van der Waals surface area contributed by atoms with Crippen LogP contribution in [-0.4, -0.2) is 0 Å². The van der Waals surface area contributed by atoms with Gasteiger partial charge in [-0.25, -0.2) is 0 Å². The van der Waals surface area contributed by atoms with Gasteiger partial charge in [-0.05, 0) is 0 Å². The smallest absolute Gasteiger partial charge is 0.319 e. The summed E-state index contributed by atoms with van der Waals surface area (Å²) in [5.74, 6) is 0. The van der Waals surface area contributed by atoms with Crippen molar-refractivity contribution in [3.8, 4) is 0 Å².